The van der Waals surface area contributed by atoms with E-state index in [0.717, 1.165) is 23.5 Å². The lowest BCUT2D eigenvalue weighted by Gasteiger charge is -2.10. The average Bonchev–Trinajstić information content (AvgIpc) is 2.41. The van der Waals surface area contributed by atoms with Gasteiger partial charge in [0.2, 0.25) is 0 Å². The highest BCUT2D eigenvalue weighted by Crippen LogP contribution is 2.24. The topological polar surface area (TPSA) is 38.0 Å². The number of nitrogens with one attached hydrogen (secondary N) is 1. The molecule has 0 amide bonds. The molecule has 0 aliphatic heterocycles. The van der Waals surface area contributed by atoms with Gasteiger partial charge in [-0.05, 0) is 55.2 Å². The summed E-state index contributed by atoms with van der Waals surface area (Å²) in [6.45, 7) is 4.26. The van der Waals surface area contributed by atoms with Gasteiger partial charge in [0.05, 0.1) is 11.4 Å². The fourth-order valence-corrected chi connectivity index (χ4v) is 2.09. The van der Waals surface area contributed by atoms with Gasteiger partial charge in [-0.15, -0.1) is 0 Å². The molecule has 0 radical (unpaired) electrons. The molecule has 2 aromatic carbocycles. The van der Waals surface area contributed by atoms with E-state index >= 15 is 0 Å². The van der Waals surface area contributed by atoms with Crippen LogP contribution in [0.2, 0.25) is 0 Å². The molecule has 0 aromatic heterocycles. The first-order valence-electron chi connectivity index (χ1n) is 6.91. The highest BCUT2D eigenvalue weighted by Gasteiger charge is 2.00. The zero-order valence-electron chi connectivity index (χ0n) is 11.7. The number of nitrogens with two attached hydrogens (primary N) is 1. The van der Waals surface area contributed by atoms with Gasteiger partial charge in [0.1, 0.15) is 0 Å². The van der Waals surface area contributed by atoms with Crippen LogP contribution < -0.4 is 11.1 Å². The fraction of sp³-hybridized carbons (Fsp3) is 0.294. The molecule has 19 heavy (non-hydrogen) atoms. The van der Waals surface area contributed by atoms with Crippen LogP contribution in [0.1, 0.15) is 30.9 Å². The second-order valence-corrected chi connectivity index (χ2v) is 5.02. The number of anilines is 3. The summed E-state index contributed by atoms with van der Waals surface area (Å²) in [4.78, 5) is 0. The quantitative estimate of drug-likeness (QED) is 0.761. The Kier molecular flexibility index (Phi) is 4.45. The summed E-state index contributed by atoms with van der Waals surface area (Å²) >= 11 is 0. The van der Waals surface area contributed by atoms with E-state index in [9.17, 15) is 0 Å². The van der Waals surface area contributed by atoms with Crippen LogP contribution in [0.25, 0.3) is 0 Å². The summed E-state index contributed by atoms with van der Waals surface area (Å²) in [5.74, 6) is 0. The van der Waals surface area contributed by atoms with Crippen LogP contribution in [-0.4, -0.2) is 0 Å². The molecular formula is C17H22N2. The lowest BCUT2D eigenvalue weighted by Crippen LogP contribution is -1.96. The fourth-order valence-electron chi connectivity index (χ4n) is 2.09. The highest BCUT2D eigenvalue weighted by atomic mass is 14.9. The molecule has 0 atom stereocenters. The van der Waals surface area contributed by atoms with E-state index in [1.807, 2.05) is 19.1 Å². The number of hydrogen-bond donors (Lipinski definition) is 2. The first-order valence-corrected chi connectivity index (χ1v) is 6.91. The van der Waals surface area contributed by atoms with Crippen molar-refractivity contribution in [3.05, 3.63) is 53.6 Å². The predicted molar refractivity (Wildman–Crippen MR) is 83.9 cm³/mol. The van der Waals surface area contributed by atoms with Gasteiger partial charge >= 0.3 is 0 Å². The molecule has 2 nitrogen and oxygen atoms in total. The Morgan fingerprint density at radius 3 is 2.42 bits per heavy atom. The molecular weight excluding hydrogens is 232 g/mol. The van der Waals surface area contributed by atoms with Crippen molar-refractivity contribution in [1.82, 2.24) is 0 Å². The van der Waals surface area contributed by atoms with Crippen LogP contribution in [0.3, 0.4) is 0 Å². The maximum absolute atomic E-state index is 6.00. The number of benzene rings is 2. The van der Waals surface area contributed by atoms with E-state index in [0.29, 0.717) is 0 Å². The molecule has 0 bridgehead atoms. The molecule has 0 fully saturated rings. The van der Waals surface area contributed by atoms with Crippen LogP contribution in [0.4, 0.5) is 17.1 Å². The van der Waals surface area contributed by atoms with Gasteiger partial charge in [0.15, 0.2) is 0 Å². The first kappa shape index (κ1) is 13.5. The van der Waals surface area contributed by atoms with Crippen LogP contribution in [0.15, 0.2) is 42.5 Å². The van der Waals surface area contributed by atoms with Crippen LogP contribution in [0, 0.1) is 6.92 Å². The summed E-state index contributed by atoms with van der Waals surface area (Å²) < 4.78 is 0. The van der Waals surface area contributed by atoms with Gasteiger partial charge < -0.3 is 11.1 Å². The summed E-state index contributed by atoms with van der Waals surface area (Å²) in [7, 11) is 0. The van der Waals surface area contributed by atoms with Crippen molar-refractivity contribution in [3.63, 3.8) is 0 Å². The highest BCUT2D eigenvalue weighted by molar-refractivity contribution is 5.73. The van der Waals surface area contributed by atoms with Crippen molar-refractivity contribution >= 4 is 17.1 Å². The largest absolute Gasteiger partial charge is 0.397 e. The minimum absolute atomic E-state index is 0.787. The molecule has 0 aliphatic rings. The molecule has 100 valence electrons. The molecule has 0 spiro atoms. The van der Waals surface area contributed by atoms with Crippen molar-refractivity contribution < 1.29 is 0 Å². The van der Waals surface area contributed by atoms with Crippen molar-refractivity contribution in [3.8, 4) is 0 Å². The molecule has 0 aliphatic carbocycles. The van der Waals surface area contributed by atoms with Gasteiger partial charge in [-0.3, -0.25) is 0 Å². The second kappa shape index (κ2) is 6.28. The molecule has 0 saturated carbocycles. The van der Waals surface area contributed by atoms with E-state index in [4.69, 9.17) is 5.73 Å². The van der Waals surface area contributed by atoms with Gasteiger partial charge in [-0.2, -0.15) is 0 Å². The smallest absolute Gasteiger partial charge is 0.0618 e. The van der Waals surface area contributed by atoms with Gasteiger partial charge in [-0.1, -0.05) is 31.5 Å². The Balaban J connectivity index is 2.06. The van der Waals surface area contributed by atoms with Gasteiger partial charge in [-0.25, -0.2) is 0 Å². The van der Waals surface area contributed by atoms with Gasteiger partial charge in [0, 0.05) is 5.69 Å². The third-order valence-corrected chi connectivity index (χ3v) is 3.26. The molecule has 0 heterocycles. The summed E-state index contributed by atoms with van der Waals surface area (Å²) in [5, 5.41) is 3.36. The molecule has 2 heteroatoms. The zero-order chi connectivity index (χ0) is 13.7. The maximum Gasteiger partial charge on any atom is 0.0618 e. The van der Waals surface area contributed by atoms with Crippen molar-refractivity contribution in [2.45, 2.75) is 33.1 Å². The van der Waals surface area contributed by atoms with E-state index < -0.39 is 0 Å². The molecule has 2 aromatic rings. The van der Waals surface area contributed by atoms with Crippen LogP contribution in [-0.2, 0) is 6.42 Å². The Labute approximate surface area is 115 Å². The first-order chi connectivity index (χ1) is 9.19. The summed E-state index contributed by atoms with van der Waals surface area (Å²) in [6.07, 6.45) is 3.64. The Bertz CT molecular complexity index is 529. The summed E-state index contributed by atoms with van der Waals surface area (Å²) in [6, 6.07) is 14.7. The molecule has 2 rings (SSSR count). The minimum atomic E-state index is 0.787. The SMILES string of the molecule is CCCCc1ccc(Nc2ccc(C)cc2N)cc1. The Morgan fingerprint density at radius 1 is 1.05 bits per heavy atom. The van der Waals surface area contributed by atoms with Crippen LogP contribution >= 0.6 is 0 Å². The number of nitrogen functional groups attached to an aromatic ring is 1. The number of rotatable bonds is 5. The van der Waals surface area contributed by atoms with Crippen molar-refractivity contribution in [2.24, 2.45) is 0 Å². The van der Waals surface area contributed by atoms with Crippen molar-refractivity contribution in [2.75, 3.05) is 11.1 Å². The zero-order valence-corrected chi connectivity index (χ0v) is 11.7. The molecule has 3 N–H and O–H groups in total. The third kappa shape index (κ3) is 3.75. The second-order valence-electron chi connectivity index (χ2n) is 5.02. The number of unbranched alkanes of at least 4 members (excludes halogenated alkanes) is 1. The number of aryl methyl sites for hydroxylation is 2. The lowest BCUT2D eigenvalue weighted by atomic mass is 10.1. The summed E-state index contributed by atoms with van der Waals surface area (Å²) in [5.41, 5.74) is 11.4. The number of hydrogen-bond acceptors (Lipinski definition) is 2. The molecule has 0 saturated heterocycles. The Morgan fingerprint density at radius 2 is 1.79 bits per heavy atom. The van der Waals surface area contributed by atoms with E-state index in [2.05, 4.69) is 42.6 Å². The van der Waals surface area contributed by atoms with Crippen molar-refractivity contribution in [1.29, 1.82) is 0 Å². The standard InChI is InChI=1S/C17H22N2/c1-3-4-5-14-7-9-15(10-8-14)19-17-11-6-13(2)12-16(17)18/h6-12,19H,3-5,18H2,1-2H3. The van der Waals surface area contributed by atoms with E-state index in [1.54, 1.807) is 0 Å². The average molecular weight is 254 g/mol. The Hall–Kier alpha value is -1.96. The van der Waals surface area contributed by atoms with Gasteiger partial charge in [0.25, 0.3) is 0 Å². The van der Waals surface area contributed by atoms with E-state index in [1.165, 1.54) is 24.0 Å². The third-order valence-electron chi connectivity index (χ3n) is 3.26. The normalized spacial score (nSPS) is 10.4. The van der Waals surface area contributed by atoms with Crippen LogP contribution in [0.5, 0.6) is 0 Å². The monoisotopic (exact) mass is 254 g/mol. The lowest BCUT2D eigenvalue weighted by molar-refractivity contribution is 0.795. The van der Waals surface area contributed by atoms with E-state index in [-0.39, 0.29) is 0 Å². The molecule has 0 unspecified atom stereocenters. The maximum atomic E-state index is 6.00. The predicted octanol–water partition coefficient (Wildman–Crippen LogP) is 4.66. The minimum Gasteiger partial charge on any atom is -0.397 e.